The number of nitrogens with zero attached hydrogens (tertiary/aromatic N) is 2. The highest BCUT2D eigenvalue weighted by molar-refractivity contribution is 7.80. The summed E-state index contributed by atoms with van der Waals surface area (Å²) in [4.78, 5) is 5.22. The van der Waals surface area contributed by atoms with Gasteiger partial charge < -0.3 is 18.6 Å². The minimum Gasteiger partial charge on any atom is -0.495 e. The van der Waals surface area contributed by atoms with Crippen LogP contribution in [-0.2, 0) is 30.5 Å². The van der Waals surface area contributed by atoms with Gasteiger partial charge in [0.1, 0.15) is 5.75 Å². The molecule has 0 saturated carbocycles. The average molecular weight is 479 g/mol. The molecule has 3 aromatic rings. The van der Waals surface area contributed by atoms with E-state index in [1.54, 1.807) is 14.2 Å². The zero-order valence-corrected chi connectivity index (χ0v) is 20.9. The van der Waals surface area contributed by atoms with Gasteiger partial charge in [0.15, 0.2) is 11.5 Å². The maximum atomic E-state index is 13.0. The quantitative estimate of drug-likeness (QED) is 0.519. The molecule has 0 amide bonds. The molecule has 0 fully saturated rings. The Bertz CT molecular complexity index is 1230. The zero-order chi connectivity index (χ0) is 23.8. The van der Waals surface area contributed by atoms with Gasteiger partial charge in [0.25, 0.3) is 0 Å². The van der Waals surface area contributed by atoms with Gasteiger partial charge in [-0.25, -0.2) is 4.21 Å². The van der Waals surface area contributed by atoms with Gasteiger partial charge >= 0.3 is 0 Å². The molecule has 6 nitrogen and oxygen atoms in total. The summed E-state index contributed by atoms with van der Waals surface area (Å²) >= 11 is -1.62. The van der Waals surface area contributed by atoms with Crippen LogP contribution in [-0.4, -0.2) is 44.0 Å². The van der Waals surface area contributed by atoms with Gasteiger partial charge in [0.05, 0.1) is 24.8 Å². The summed E-state index contributed by atoms with van der Waals surface area (Å²) in [5, 5.41) is 0. The Hall–Kier alpha value is -3.03. The Morgan fingerprint density at radius 2 is 1.74 bits per heavy atom. The first-order valence-corrected chi connectivity index (χ1v) is 12.5. The third-order valence-corrected chi connectivity index (χ3v) is 7.78. The summed E-state index contributed by atoms with van der Waals surface area (Å²) < 4.78 is 30.4. The SMILES string of the molecule is COc1cc2c(cc1N(C)C)CCN1Cc3c(ccc(OC)c3OS(=O)c3ccccc3)CC21. The van der Waals surface area contributed by atoms with Crippen molar-refractivity contribution in [1.82, 2.24) is 4.90 Å². The highest BCUT2D eigenvalue weighted by Crippen LogP contribution is 2.46. The molecule has 0 aliphatic carbocycles. The Kier molecular flexibility index (Phi) is 6.23. The molecule has 0 saturated heterocycles. The Morgan fingerprint density at radius 3 is 2.44 bits per heavy atom. The molecule has 0 aromatic heterocycles. The molecular weight excluding hydrogens is 448 g/mol. The lowest BCUT2D eigenvalue weighted by Gasteiger charge is -2.42. The molecule has 178 valence electrons. The van der Waals surface area contributed by atoms with E-state index in [2.05, 4.69) is 28.0 Å². The van der Waals surface area contributed by atoms with E-state index in [9.17, 15) is 4.21 Å². The monoisotopic (exact) mass is 478 g/mol. The summed E-state index contributed by atoms with van der Waals surface area (Å²) in [5.74, 6) is 2.08. The molecule has 2 aliphatic rings. The molecular formula is C27H30N2O4S. The first-order chi connectivity index (χ1) is 16.5. The standard InChI is InChI=1S/C27H30N2O4S/c1-28(2)24-15-19-12-13-29-17-22-18(14-23(29)21(19)16-26(24)32-4)10-11-25(31-3)27(22)33-34(30)20-8-6-5-7-9-20/h5-11,15-16,23H,12-14,17H2,1-4H3. The van der Waals surface area contributed by atoms with Crippen molar-refractivity contribution in [3.05, 3.63) is 76.9 Å². The number of anilines is 1. The fraction of sp³-hybridized carbons (Fsp3) is 0.333. The van der Waals surface area contributed by atoms with Crippen LogP contribution in [0, 0.1) is 0 Å². The first-order valence-electron chi connectivity index (χ1n) is 11.5. The molecule has 0 bridgehead atoms. The highest BCUT2D eigenvalue weighted by atomic mass is 32.2. The molecule has 2 aliphatic heterocycles. The fourth-order valence-electron chi connectivity index (χ4n) is 5.04. The second-order valence-electron chi connectivity index (χ2n) is 8.92. The van der Waals surface area contributed by atoms with Crippen LogP contribution in [0.2, 0.25) is 0 Å². The molecule has 34 heavy (non-hydrogen) atoms. The van der Waals surface area contributed by atoms with Gasteiger partial charge in [-0.3, -0.25) is 4.90 Å². The highest BCUT2D eigenvalue weighted by Gasteiger charge is 2.35. The van der Waals surface area contributed by atoms with Crippen molar-refractivity contribution in [2.24, 2.45) is 0 Å². The van der Waals surface area contributed by atoms with Crippen molar-refractivity contribution in [1.29, 1.82) is 0 Å². The van der Waals surface area contributed by atoms with E-state index < -0.39 is 11.1 Å². The molecule has 3 aromatic carbocycles. The van der Waals surface area contributed by atoms with E-state index in [0.29, 0.717) is 16.4 Å². The summed E-state index contributed by atoms with van der Waals surface area (Å²) in [6.45, 7) is 1.67. The molecule has 5 rings (SSSR count). The van der Waals surface area contributed by atoms with Crippen LogP contribution in [0.5, 0.6) is 17.2 Å². The van der Waals surface area contributed by atoms with Crippen molar-refractivity contribution in [3.63, 3.8) is 0 Å². The van der Waals surface area contributed by atoms with Gasteiger partial charge in [-0.15, -0.1) is 0 Å². The van der Waals surface area contributed by atoms with Gasteiger partial charge in [-0.2, -0.15) is 0 Å². The van der Waals surface area contributed by atoms with Gasteiger partial charge in [-0.05, 0) is 59.9 Å². The largest absolute Gasteiger partial charge is 0.495 e. The molecule has 2 atom stereocenters. The van der Waals surface area contributed by atoms with Crippen molar-refractivity contribution >= 4 is 16.8 Å². The Morgan fingerprint density at radius 1 is 0.971 bits per heavy atom. The van der Waals surface area contributed by atoms with E-state index in [0.717, 1.165) is 42.9 Å². The van der Waals surface area contributed by atoms with E-state index in [-0.39, 0.29) is 6.04 Å². The smallest absolute Gasteiger partial charge is 0.240 e. The molecule has 7 heteroatoms. The topological polar surface area (TPSA) is 51.2 Å². The van der Waals surface area contributed by atoms with Crippen LogP contribution in [0.1, 0.15) is 28.3 Å². The van der Waals surface area contributed by atoms with Gasteiger partial charge in [0, 0.05) is 38.8 Å². The molecule has 2 heterocycles. The van der Waals surface area contributed by atoms with Crippen LogP contribution in [0.25, 0.3) is 0 Å². The molecule has 0 spiro atoms. The Labute approximate surface area is 203 Å². The fourth-order valence-corrected chi connectivity index (χ4v) is 5.85. The summed E-state index contributed by atoms with van der Waals surface area (Å²) in [7, 11) is 7.45. The van der Waals surface area contributed by atoms with E-state index in [1.807, 2.05) is 50.5 Å². The summed E-state index contributed by atoms with van der Waals surface area (Å²) in [5.41, 5.74) is 6.07. The Balaban J connectivity index is 1.51. The van der Waals surface area contributed by atoms with Crippen molar-refractivity contribution in [2.75, 3.05) is 39.8 Å². The third kappa shape index (κ3) is 4.03. The summed E-state index contributed by atoms with van der Waals surface area (Å²) in [6, 6.07) is 18.0. The minimum absolute atomic E-state index is 0.266. The molecule has 0 radical (unpaired) electrons. The van der Waals surface area contributed by atoms with Crippen LogP contribution in [0.3, 0.4) is 0 Å². The predicted molar refractivity (Wildman–Crippen MR) is 134 cm³/mol. The zero-order valence-electron chi connectivity index (χ0n) is 20.0. The van der Waals surface area contributed by atoms with E-state index in [1.165, 1.54) is 16.7 Å². The third-order valence-electron chi connectivity index (χ3n) is 6.80. The van der Waals surface area contributed by atoms with Crippen molar-refractivity contribution in [3.8, 4) is 17.2 Å². The lowest BCUT2D eigenvalue weighted by Crippen LogP contribution is -2.39. The van der Waals surface area contributed by atoms with Crippen molar-refractivity contribution < 1.29 is 17.9 Å². The van der Waals surface area contributed by atoms with E-state index in [4.69, 9.17) is 13.7 Å². The number of ether oxygens (including phenoxy) is 2. The lowest BCUT2D eigenvalue weighted by molar-refractivity contribution is 0.159. The number of hydrogen-bond donors (Lipinski definition) is 0. The van der Waals surface area contributed by atoms with Gasteiger partial charge in [0.2, 0.25) is 11.1 Å². The van der Waals surface area contributed by atoms with E-state index >= 15 is 0 Å². The molecule has 2 unspecified atom stereocenters. The van der Waals surface area contributed by atoms with Gasteiger partial charge in [-0.1, -0.05) is 24.3 Å². The second-order valence-corrected chi connectivity index (χ2v) is 10.0. The predicted octanol–water partition coefficient (Wildman–Crippen LogP) is 4.53. The number of hydrogen-bond acceptors (Lipinski definition) is 6. The van der Waals surface area contributed by atoms with Crippen LogP contribution in [0.4, 0.5) is 5.69 Å². The second kappa shape index (κ2) is 9.31. The number of rotatable bonds is 6. The van der Waals surface area contributed by atoms with Crippen LogP contribution in [0.15, 0.2) is 59.5 Å². The maximum Gasteiger partial charge on any atom is 0.240 e. The average Bonchev–Trinajstić information content (AvgIpc) is 2.87. The number of fused-ring (bicyclic) bond motifs is 4. The van der Waals surface area contributed by atoms with Crippen molar-refractivity contribution in [2.45, 2.75) is 30.3 Å². The maximum absolute atomic E-state index is 13.0. The number of methoxy groups -OCH3 is 2. The molecule has 0 N–H and O–H groups in total. The first kappa shape index (κ1) is 22.7. The normalized spacial score (nSPS) is 17.7. The minimum atomic E-state index is -1.62. The van der Waals surface area contributed by atoms with Crippen LogP contribution >= 0.6 is 0 Å². The van der Waals surface area contributed by atoms with Crippen LogP contribution < -0.4 is 18.6 Å². The lowest BCUT2D eigenvalue weighted by atomic mass is 9.83. The summed E-state index contributed by atoms with van der Waals surface area (Å²) in [6.07, 6.45) is 1.83. The number of benzene rings is 3.